The van der Waals surface area contributed by atoms with Gasteiger partial charge in [0.25, 0.3) is 0 Å². The lowest BCUT2D eigenvalue weighted by atomic mass is 10.2. The first-order valence-corrected chi connectivity index (χ1v) is 6.90. The summed E-state index contributed by atoms with van der Waals surface area (Å²) in [5.74, 6) is 0. The van der Waals surface area contributed by atoms with Crippen molar-refractivity contribution in [1.82, 2.24) is 0 Å². The molecular weight excluding hydrogens is 256 g/mol. The van der Waals surface area contributed by atoms with Crippen LogP contribution in [0.15, 0.2) is 12.2 Å². The van der Waals surface area contributed by atoms with E-state index in [1.807, 2.05) is 6.92 Å². The highest BCUT2D eigenvalue weighted by atomic mass is 79.9. The molecule has 0 fully saturated rings. The summed E-state index contributed by atoms with van der Waals surface area (Å²) in [6, 6.07) is 0. The van der Waals surface area contributed by atoms with E-state index >= 15 is 0 Å². The Morgan fingerprint density at radius 2 is 1.80 bits per heavy atom. The van der Waals surface area contributed by atoms with Crippen molar-refractivity contribution in [3.8, 4) is 0 Å². The van der Waals surface area contributed by atoms with E-state index in [1.165, 1.54) is 25.7 Å². The van der Waals surface area contributed by atoms with Crippen LogP contribution < -0.4 is 0 Å². The Balaban J connectivity index is 2.97. The number of hydrogen-bond donors (Lipinski definition) is 0. The van der Waals surface area contributed by atoms with Gasteiger partial charge in [-0.3, -0.25) is 0 Å². The van der Waals surface area contributed by atoms with Crippen LogP contribution >= 0.6 is 15.9 Å². The molecule has 2 nitrogen and oxygen atoms in total. The van der Waals surface area contributed by atoms with Crippen molar-refractivity contribution in [3.63, 3.8) is 0 Å². The second kappa shape index (κ2) is 14.1. The van der Waals surface area contributed by atoms with E-state index in [9.17, 15) is 0 Å². The van der Waals surface area contributed by atoms with E-state index in [0.717, 1.165) is 25.0 Å². The molecule has 0 spiro atoms. The Hall–Kier alpha value is 0.140. The molecule has 0 aromatic rings. The van der Waals surface area contributed by atoms with Gasteiger partial charge in [0.2, 0.25) is 0 Å². The van der Waals surface area contributed by atoms with Crippen LogP contribution in [0.25, 0.3) is 0 Å². The van der Waals surface area contributed by atoms with E-state index in [4.69, 9.17) is 9.47 Å². The standard InChI is InChI=1S/C12H23BrO2/c1-2-14-12-15-11-9-7-5-3-4-6-8-10-13/h5,7H,2-4,6,8-12H2,1H3. The molecule has 0 aromatic carbocycles. The normalized spacial score (nSPS) is 11.3. The molecule has 0 N–H and O–H groups in total. The minimum absolute atomic E-state index is 0.426. The molecule has 0 radical (unpaired) electrons. The Labute approximate surface area is 102 Å². The monoisotopic (exact) mass is 278 g/mol. The van der Waals surface area contributed by atoms with Gasteiger partial charge in [0, 0.05) is 11.9 Å². The summed E-state index contributed by atoms with van der Waals surface area (Å²) in [5.41, 5.74) is 0. The Kier molecular flexibility index (Phi) is 14.3. The first kappa shape index (κ1) is 15.1. The van der Waals surface area contributed by atoms with Gasteiger partial charge in [-0.1, -0.05) is 34.5 Å². The molecule has 0 saturated heterocycles. The first-order chi connectivity index (χ1) is 7.41. The van der Waals surface area contributed by atoms with Gasteiger partial charge in [0.15, 0.2) is 0 Å². The van der Waals surface area contributed by atoms with Gasteiger partial charge < -0.3 is 9.47 Å². The molecular formula is C12H23BrO2. The fourth-order valence-corrected chi connectivity index (χ4v) is 1.52. The van der Waals surface area contributed by atoms with Crippen molar-refractivity contribution in [2.24, 2.45) is 0 Å². The van der Waals surface area contributed by atoms with Gasteiger partial charge >= 0.3 is 0 Å². The van der Waals surface area contributed by atoms with Gasteiger partial charge in [-0.05, 0) is 32.6 Å². The lowest BCUT2D eigenvalue weighted by Crippen LogP contribution is -1.99. The van der Waals surface area contributed by atoms with Crippen molar-refractivity contribution in [2.45, 2.75) is 39.0 Å². The van der Waals surface area contributed by atoms with Crippen LogP contribution in [0.5, 0.6) is 0 Å². The van der Waals surface area contributed by atoms with Crippen molar-refractivity contribution in [1.29, 1.82) is 0 Å². The zero-order chi connectivity index (χ0) is 11.2. The van der Waals surface area contributed by atoms with Crippen molar-refractivity contribution in [2.75, 3.05) is 25.3 Å². The quantitative estimate of drug-likeness (QED) is 0.247. The van der Waals surface area contributed by atoms with Gasteiger partial charge in [0.05, 0.1) is 6.61 Å². The molecule has 0 aliphatic heterocycles. The number of alkyl halides is 1. The summed E-state index contributed by atoms with van der Waals surface area (Å²) in [7, 11) is 0. The average Bonchev–Trinajstić information content (AvgIpc) is 2.26. The van der Waals surface area contributed by atoms with E-state index in [-0.39, 0.29) is 0 Å². The molecule has 0 atom stereocenters. The predicted octanol–water partition coefficient (Wildman–Crippen LogP) is 3.90. The third kappa shape index (κ3) is 14.1. The number of allylic oxidation sites excluding steroid dienone is 1. The van der Waals surface area contributed by atoms with Crippen LogP contribution in [0.3, 0.4) is 0 Å². The maximum absolute atomic E-state index is 5.24. The molecule has 3 heteroatoms. The summed E-state index contributed by atoms with van der Waals surface area (Å²) in [4.78, 5) is 0. The summed E-state index contributed by atoms with van der Waals surface area (Å²) >= 11 is 3.43. The number of ether oxygens (including phenoxy) is 2. The van der Waals surface area contributed by atoms with E-state index in [1.54, 1.807) is 0 Å². The molecule has 0 heterocycles. The topological polar surface area (TPSA) is 18.5 Å². The molecule has 0 aliphatic carbocycles. The number of unbranched alkanes of at least 4 members (excludes halogenated alkanes) is 3. The molecule has 0 aliphatic rings. The minimum Gasteiger partial charge on any atom is -0.356 e. The Bertz CT molecular complexity index is 138. The van der Waals surface area contributed by atoms with E-state index < -0.39 is 0 Å². The van der Waals surface area contributed by atoms with Crippen LogP contribution in [-0.2, 0) is 9.47 Å². The summed E-state index contributed by atoms with van der Waals surface area (Å²) in [6.07, 6.45) is 10.5. The highest BCUT2D eigenvalue weighted by Gasteiger charge is 1.86. The highest BCUT2D eigenvalue weighted by Crippen LogP contribution is 2.02. The van der Waals surface area contributed by atoms with Crippen LogP contribution in [-0.4, -0.2) is 25.3 Å². The third-order valence-corrected chi connectivity index (χ3v) is 2.53. The van der Waals surface area contributed by atoms with Gasteiger partial charge in [-0.25, -0.2) is 0 Å². The molecule has 0 unspecified atom stereocenters. The summed E-state index contributed by atoms with van der Waals surface area (Å²) in [6.45, 7) is 3.88. The summed E-state index contributed by atoms with van der Waals surface area (Å²) in [5, 5.41) is 1.13. The SMILES string of the molecule is CCOCOCCC=CCCCCCBr. The Morgan fingerprint density at radius 1 is 1.00 bits per heavy atom. The minimum atomic E-state index is 0.426. The number of halogens is 1. The van der Waals surface area contributed by atoms with E-state index in [0.29, 0.717) is 6.79 Å². The van der Waals surface area contributed by atoms with Crippen molar-refractivity contribution >= 4 is 15.9 Å². The molecule has 0 rings (SSSR count). The van der Waals surface area contributed by atoms with Crippen molar-refractivity contribution < 1.29 is 9.47 Å². The predicted molar refractivity (Wildman–Crippen MR) is 68.5 cm³/mol. The van der Waals surface area contributed by atoms with Crippen LogP contribution in [0.2, 0.25) is 0 Å². The third-order valence-electron chi connectivity index (χ3n) is 1.97. The molecule has 0 saturated carbocycles. The second-order valence-electron chi connectivity index (χ2n) is 3.32. The van der Waals surface area contributed by atoms with Crippen molar-refractivity contribution in [3.05, 3.63) is 12.2 Å². The molecule has 0 aromatic heterocycles. The fraction of sp³-hybridized carbons (Fsp3) is 0.833. The smallest absolute Gasteiger partial charge is 0.146 e. The number of hydrogen-bond acceptors (Lipinski definition) is 2. The van der Waals surface area contributed by atoms with Gasteiger partial charge in [-0.15, -0.1) is 0 Å². The van der Waals surface area contributed by atoms with Crippen LogP contribution in [0.1, 0.15) is 39.0 Å². The summed E-state index contributed by atoms with van der Waals surface area (Å²) < 4.78 is 10.3. The molecule has 0 bridgehead atoms. The lowest BCUT2D eigenvalue weighted by Gasteiger charge is -2.00. The average molecular weight is 279 g/mol. The molecule has 15 heavy (non-hydrogen) atoms. The van der Waals surface area contributed by atoms with Gasteiger partial charge in [0.1, 0.15) is 6.79 Å². The van der Waals surface area contributed by atoms with Crippen LogP contribution in [0, 0.1) is 0 Å². The molecule has 90 valence electrons. The fourth-order valence-electron chi connectivity index (χ4n) is 1.12. The zero-order valence-corrected chi connectivity index (χ0v) is 11.3. The van der Waals surface area contributed by atoms with Crippen LogP contribution in [0.4, 0.5) is 0 Å². The largest absolute Gasteiger partial charge is 0.356 e. The maximum Gasteiger partial charge on any atom is 0.146 e. The Morgan fingerprint density at radius 3 is 2.53 bits per heavy atom. The van der Waals surface area contributed by atoms with E-state index in [2.05, 4.69) is 28.1 Å². The van der Waals surface area contributed by atoms with Gasteiger partial charge in [-0.2, -0.15) is 0 Å². The lowest BCUT2D eigenvalue weighted by molar-refractivity contribution is -0.0476. The maximum atomic E-state index is 5.24. The number of rotatable bonds is 11. The first-order valence-electron chi connectivity index (χ1n) is 5.78. The zero-order valence-electron chi connectivity index (χ0n) is 9.71. The molecule has 0 amide bonds. The highest BCUT2D eigenvalue weighted by molar-refractivity contribution is 9.09. The second-order valence-corrected chi connectivity index (χ2v) is 4.11.